The van der Waals surface area contributed by atoms with E-state index in [2.05, 4.69) is 23.2 Å². The normalized spacial score (nSPS) is 10.0. The molecule has 6 heteroatoms. The molecule has 0 unspecified atom stereocenters. The molecule has 0 saturated heterocycles. The molecule has 104 valence electrons. The van der Waals surface area contributed by atoms with Gasteiger partial charge in [0.15, 0.2) is 0 Å². The maximum absolute atomic E-state index is 12.0. The Labute approximate surface area is 118 Å². The van der Waals surface area contributed by atoms with Crippen LogP contribution in [0.15, 0.2) is 0 Å². The molecule has 1 aromatic rings. The van der Waals surface area contributed by atoms with Crippen LogP contribution in [0.4, 0.5) is 10.7 Å². The Bertz CT molecular complexity index is 490. The second-order valence-corrected chi connectivity index (χ2v) is 5.15. The second kappa shape index (κ2) is 7.00. The van der Waals surface area contributed by atoms with Gasteiger partial charge in [0, 0.05) is 20.1 Å². The molecule has 1 rings (SSSR count). The predicted octanol–water partition coefficient (Wildman–Crippen LogP) is 2.19. The number of anilines is 2. The molecule has 3 N–H and O–H groups in total. The van der Waals surface area contributed by atoms with E-state index in [0.717, 1.165) is 30.9 Å². The van der Waals surface area contributed by atoms with Gasteiger partial charge in [-0.25, -0.2) is 0 Å². The monoisotopic (exact) mass is 280 g/mol. The summed E-state index contributed by atoms with van der Waals surface area (Å²) in [5.74, 6) is -0.236. The highest BCUT2D eigenvalue weighted by molar-refractivity contribution is 7.17. The highest BCUT2D eigenvalue weighted by atomic mass is 32.1. The fourth-order valence-corrected chi connectivity index (χ4v) is 2.94. The number of rotatable bonds is 6. The summed E-state index contributed by atoms with van der Waals surface area (Å²) in [4.78, 5) is 14.5. The number of nitrogen functional groups attached to an aromatic ring is 1. The lowest BCUT2D eigenvalue weighted by atomic mass is 10.2. The smallest absolute Gasteiger partial charge is 0.256 e. The molecule has 19 heavy (non-hydrogen) atoms. The Kier molecular flexibility index (Phi) is 5.64. The van der Waals surface area contributed by atoms with E-state index in [1.807, 2.05) is 6.92 Å². The van der Waals surface area contributed by atoms with E-state index in [9.17, 15) is 4.79 Å². The molecule has 0 saturated carbocycles. The third-order valence-electron chi connectivity index (χ3n) is 2.93. The number of nitrogens with two attached hydrogens (primary N) is 1. The van der Waals surface area contributed by atoms with Crippen LogP contribution < -0.4 is 16.0 Å². The van der Waals surface area contributed by atoms with Gasteiger partial charge in [0.2, 0.25) is 0 Å². The summed E-state index contributed by atoms with van der Waals surface area (Å²) in [7, 11) is 1.57. The van der Waals surface area contributed by atoms with E-state index in [1.165, 1.54) is 11.3 Å². The number of nitrogens with one attached hydrogen (secondary N) is 1. The lowest BCUT2D eigenvalue weighted by Crippen LogP contribution is -2.27. The van der Waals surface area contributed by atoms with Gasteiger partial charge in [-0.15, -0.1) is 11.3 Å². The standard InChI is InChI=1S/C13H20N4OS/c1-4-6-7-17(5-2)13-10(12(18)16-3)11(15)9(8-14)19-13/h4-7,15H2,1-3H3,(H,16,18). The van der Waals surface area contributed by atoms with Crippen LogP contribution in [0.25, 0.3) is 0 Å². The Morgan fingerprint density at radius 2 is 2.21 bits per heavy atom. The van der Waals surface area contributed by atoms with Crippen molar-refractivity contribution in [3.63, 3.8) is 0 Å². The first kappa shape index (κ1) is 15.3. The van der Waals surface area contributed by atoms with Crippen molar-refractivity contribution in [1.29, 1.82) is 5.26 Å². The average Bonchev–Trinajstić information content (AvgIpc) is 2.76. The van der Waals surface area contributed by atoms with E-state index in [0.29, 0.717) is 10.4 Å². The summed E-state index contributed by atoms with van der Waals surface area (Å²) < 4.78 is 0. The van der Waals surface area contributed by atoms with Gasteiger partial charge in [-0.05, 0) is 13.3 Å². The van der Waals surface area contributed by atoms with E-state index < -0.39 is 0 Å². The lowest BCUT2D eigenvalue weighted by molar-refractivity contribution is 0.0965. The Hall–Kier alpha value is -1.74. The van der Waals surface area contributed by atoms with E-state index in [4.69, 9.17) is 11.0 Å². The number of amides is 1. The van der Waals surface area contributed by atoms with Crippen LogP contribution in [0, 0.1) is 11.3 Å². The van der Waals surface area contributed by atoms with Crippen molar-refractivity contribution >= 4 is 27.9 Å². The first-order valence-corrected chi connectivity index (χ1v) is 7.21. The summed E-state index contributed by atoms with van der Waals surface area (Å²) in [6, 6.07) is 2.06. The van der Waals surface area contributed by atoms with Crippen molar-refractivity contribution in [2.75, 3.05) is 30.8 Å². The fraction of sp³-hybridized carbons (Fsp3) is 0.538. The van der Waals surface area contributed by atoms with Crippen molar-refractivity contribution in [2.45, 2.75) is 26.7 Å². The van der Waals surface area contributed by atoms with Crippen LogP contribution in [-0.4, -0.2) is 26.0 Å². The Morgan fingerprint density at radius 1 is 1.53 bits per heavy atom. The summed E-state index contributed by atoms with van der Waals surface area (Å²) in [5, 5.41) is 12.5. The maximum atomic E-state index is 12.0. The minimum atomic E-state index is -0.236. The third kappa shape index (κ3) is 3.18. The number of hydrogen-bond donors (Lipinski definition) is 2. The molecule has 0 aliphatic carbocycles. The van der Waals surface area contributed by atoms with Crippen LogP contribution in [0.3, 0.4) is 0 Å². The molecule has 0 aliphatic rings. The molecule has 0 aromatic carbocycles. The molecule has 0 bridgehead atoms. The number of unbranched alkanes of at least 4 members (excludes halogenated alkanes) is 1. The Morgan fingerprint density at radius 3 is 2.68 bits per heavy atom. The summed E-state index contributed by atoms with van der Waals surface area (Å²) >= 11 is 1.29. The zero-order valence-electron chi connectivity index (χ0n) is 11.6. The highest BCUT2D eigenvalue weighted by Gasteiger charge is 2.24. The Balaban J connectivity index is 3.24. The van der Waals surface area contributed by atoms with Crippen LogP contribution in [0.1, 0.15) is 41.9 Å². The molecule has 5 nitrogen and oxygen atoms in total. The second-order valence-electron chi connectivity index (χ2n) is 4.15. The minimum absolute atomic E-state index is 0.236. The van der Waals surface area contributed by atoms with Crippen LogP contribution >= 0.6 is 11.3 Å². The van der Waals surface area contributed by atoms with Crippen molar-refractivity contribution in [3.8, 4) is 6.07 Å². The van der Waals surface area contributed by atoms with Crippen molar-refractivity contribution < 1.29 is 4.79 Å². The summed E-state index contributed by atoms with van der Waals surface area (Å²) in [6.07, 6.45) is 2.12. The van der Waals surface area contributed by atoms with Crippen molar-refractivity contribution in [2.24, 2.45) is 0 Å². The number of nitriles is 1. The number of carbonyl (C=O) groups is 1. The van der Waals surface area contributed by atoms with Crippen LogP contribution in [0.2, 0.25) is 0 Å². The number of hydrogen-bond acceptors (Lipinski definition) is 5. The molecule has 1 heterocycles. The molecule has 1 amide bonds. The molecular formula is C13H20N4OS. The van der Waals surface area contributed by atoms with Gasteiger partial charge in [0.05, 0.1) is 11.3 Å². The van der Waals surface area contributed by atoms with Gasteiger partial charge in [-0.2, -0.15) is 5.26 Å². The van der Waals surface area contributed by atoms with Gasteiger partial charge < -0.3 is 16.0 Å². The quantitative estimate of drug-likeness (QED) is 0.836. The summed E-state index contributed by atoms with van der Waals surface area (Å²) in [6.45, 7) is 5.80. The van der Waals surface area contributed by atoms with Gasteiger partial charge in [-0.3, -0.25) is 4.79 Å². The zero-order valence-corrected chi connectivity index (χ0v) is 12.4. The maximum Gasteiger partial charge on any atom is 0.256 e. The first-order chi connectivity index (χ1) is 9.10. The first-order valence-electron chi connectivity index (χ1n) is 6.39. The van der Waals surface area contributed by atoms with E-state index in [-0.39, 0.29) is 11.6 Å². The van der Waals surface area contributed by atoms with Gasteiger partial charge in [0.1, 0.15) is 15.9 Å². The molecule has 0 spiro atoms. The molecular weight excluding hydrogens is 260 g/mol. The molecule has 1 aromatic heterocycles. The largest absolute Gasteiger partial charge is 0.396 e. The zero-order chi connectivity index (χ0) is 14.4. The molecule has 0 fully saturated rings. The predicted molar refractivity (Wildman–Crippen MR) is 79.6 cm³/mol. The SMILES string of the molecule is CCCCN(CC)c1sc(C#N)c(N)c1C(=O)NC. The van der Waals surface area contributed by atoms with Crippen LogP contribution in [-0.2, 0) is 0 Å². The van der Waals surface area contributed by atoms with Crippen LogP contribution in [0.5, 0.6) is 0 Å². The summed E-state index contributed by atoms with van der Waals surface area (Å²) in [5.41, 5.74) is 6.63. The van der Waals surface area contributed by atoms with Gasteiger partial charge in [0.25, 0.3) is 5.91 Å². The van der Waals surface area contributed by atoms with Gasteiger partial charge >= 0.3 is 0 Å². The third-order valence-corrected chi connectivity index (χ3v) is 4.10. The molecule has 0 aliphatic heterocycles. The van der Waals surface area contributed by atoms with Crippen molar-refractivity contribution in [1.82, 2.24) is 5.32 Å². The molecule has 0 atom stereocenters. The number of thiophene rings is 1. The number of nitrogens with zero attached hydrogens (tertiary/aromatic N) is 2. The number of carbonyl (C=O) groups excluding carboxylic acids is 1. The molecule has 0 radical (unpaired) electrons. The van der Waals surface area contributed by atoms with E-state index in [1.54, 1.807) is 7.05 Å². The van der Waals surface area contributed by atoms with E-state index >= 15 is 0 Å². The lowest BCUT2D eigenvalue weighted by Gasteiger charge is -2.22. The topological polar surface area (TPSA) is 82.2 Å². The average molecular weight is 280 g/mol. The fourth-order valence-electron chi connectivity index (χ4n) is 1.83. The van der Waals surface area contributed by atoms with Crippen molar-refractivity contribution in [3.05, 3.63) is 10.4 Å². The minimum Gasteiger partial charge on any atom is -0.396 e. The van der Waals surface area contributed by atoms with Gasteiger partial charge in [-0.1, -0.05) is 13.3 Å². The highest BCUT2D eigenvalue weighted by Crippen LogP contribution is 2.37.